The van der Waals surface area contributed by atoms with Gasteiger partial charge in [0.25, 0.3) is 0 Å². The van der Waals surface area contributed by atoms with Crippen molar-refractivity contribution < 1.29 is 17.7 Å². The van der Waals surface area contributed by atoms with E-state index >= 15 is 0 Å². The van der Waals surface area contributed by atoms with Crippen LogP contribution in [0.25, 0.3) is 0 Å². The van der Waals surface area contributed by atoms with Crippen molar-refractivity contribution in [3.8, 4) is 0 Å². The highest BCUT2D eigenvalue weighted by molar-refractivity contribution is 8.17. The van der Waals surface area contributed by atoms with E-state index in [4.69, 9.17) is 17.7 Å². The zero-order chi connectivity index (χ0) is 24.7. The van der Waals surface area contributed by atoms with Gasteiger partial charge in [0.05, 0.1) is 29.5 Å². The van der Waals surface area contributed by atoms with Gasteiger partial charge in [-0.1, -0.05) is 13.8 Å². The minimum absolute atomic E-state index is 0.0140. The quantitative estimate of drug-likeness (QED) is 0.149. The molecule has 0 aromatic carbocycles. The Balaban J connectivity index is 6.36. The highest BCUT2D eigenvalue weighted by Crippen LogP contribution is 2.35. The molecule has 0 aliphatic rings. The van der Waals surface area contributed by atoms with Gasteiger partial charge in [0.1, 0.15) is 0 Å². The summed E-state index contributed by atoms with van der Waals surface area (Å²) in [6.07, 6.45) is -0.242. The van der Waals surface area contributed by atoms with E-state index in [1.165, 1.54) is 0 Å². The van der Waals surface area contributed by atoms with Gasteiger partial charge in [-0.15, -0.1) is 23.5 Å². The van der Waals surface area contributed by atoms with Crippen LogP contribution in [-0.2, 0) is 17.7 Å². The lowest BCUT2D eigenvalue weighted by molar-refractivity contribution is -0.0441. The minimum atomic E-state index is -1.86. The van der Waals surface area contributed by atoms with Crippen LogP contribution < -0.4 is 0 Å². The van der Waals surface area contributed by atoms with Crippen LogP contribution in [0, 0.1) is 0 Å². The smallest absolute Gasteiger partial charge is 0.184 e. The molecule has 0 radical (unpaired) electrons. The van der Waals surface area contributed by atoms with E-state index in [-0.39, 0.29) is 18.3 Å². The predicted molar refractivity (Wildman–Crippen MR) is 154 cm³/mol. The lowest BCUT2D eigenvalue weighted by atomic mass is 10.1. The summed E-state index contributed by atoms with van der Waals surface area (Å²) in [5.74, 6) is 2.13. The molecule has 0 N–H and O–H groups in total. The summed E-state index contributed by atoms with van der Waals surface area (Å²) in [6, 6.07) is 0. The first-order valence-corrected chi connectivity index (χ1v) is 27.4. The van der Waals surface area contributed by atoms with Crippen molar-refractivity contribution in [2.45, 2.75) is 115 Å². The molecule has 0 saturated heterocycles. The molecule has 0 rings (SSSR count). The minimum Gasteiger partial charge on any atom is -0.415 e. The molecule has 0 bridgehead atoms. The van der Waals surface area contributed by atoms with Crippen LogP contribution in [0.5, 0.6) is 0 Å². The molecular formula is C21H52O4S2Si4. The van der Waals surface area contributed by atoms with Crippen molar-refractivity contribution in [2.75, 3.05) is 18.1 Å². The summed E-state index contributed by atoms with van der Waals surface area (Å²) in [6.45, 7) is 32.2. The van der Waals surface area contributed by atoms with Gasteiger partial charge < -0.3 is 17.7 Å². The molecule has 4 nitrogen and oxygen atoms in total. The van der Waals surface area contributed by atoms with Gasteiger partial charge in [-0.05, 0) is 90.1 Å². The predicted octanol–water partition coefficient (Wildman–Crippen LogP) is 7.33. The lowest BCUT2D eigenvalue weighted by Crippen LogP contribution is -2.57. The van der Waals surface area contributed by atoms with Gasteiger partial charge in [0.15, 0.2) is 33.3 Å². The third kappa shape index (κ3) is 16.6. The normalized spacial score (nSPS) is 17.1. The highest BCUT2D eigenvalue weighted by Gasteiger charge is 2.43. The summed E-state index contributed by atoms with van der Waals surface area (Å²) in [4.78, 5) is 0. The molecule has 0 aliphatic carbocycles. The summed E-state index contributed by atoms with van der Waals surface area (Å²) in [5.41, 5.74) is 0. The first kappa shape index (κ1) is 32.4. The van der Waals surface area contributed by atoms with E-state index in [1.54, 1.807) is 0 Å². The van der Waals surface area contributed by atoms with Crippen molar-refractivity contribution >= 4 is 56.8 Å². The maximum atomic E-state index is 6.93. The number of rotatable bonds is 16. The fraction of sp³-hybridized carbons (Fsp3) is 1.00. The topological polar surface area (TPSA) is 36.9 Å². The molecule has 0 aliphatic heterocycles. The van der Waals surface area contributed by atoms with E-state index in [2.05, 4.69) is 92.4 Å². The Bertz CT molecular complexity index is 494. The second-order valence-corrected chi connectivity index (χ2v) is 32.9. The monoisotopic (exact) mass is 544 g/mol. The summed E-state index contributed by atoms with van der Waals surface area (Å²) >= 11 is 3.96. The highest BCUT2D eigenvalue weighted by atomic mass is 32.2. The SMILES string of the molecule is CCSC(SCC)[C@@H](O[Si](C)(C)C)[C@H](O[Si](C)(C)C)[C@@H](CO[Si](C)(C)C)O[Si](C)(C)C. The van der Waals surface area contributed by atoms with Crippen LogP contribution in [0.4, 0.5) is 0 Å². The summed E-state index contributed by atoms with van der Waals surface area (Å²) in [7, 11) is -7.17. The molecule has 188 valence electrons. The standard InChI is InChI=1S/C21H52O4S2Si4/c1-15-26-21(27-16-2)20(25-31(12,13)14)19(24-30(9,10)11)18(23-29(6,7)8)17-22-28(3,4)5/h18-21H,15-17H2,1-14H3/t18-,19-,20+/m1/s1. The van der Waals surface area contributed by atoms with E-state index < -0.39 is 33.3 Å². The molecule has 0 spiro atoms. The fourth-order valence-electron chi connectivity index (χ4n) is 3.00. The first-order valence-electron chi connectivity index (χ1n) is 11.7. The average Bonchev–Trinajstić information content (AvgIpc) is 2.51. The van der Waals surface area contributed by atoms with Crippen molar-refractivity contribution in [1.82, 2.24) is 0 Å². The van der Waals surface area contributed by atoms with Gasteiger partial charge in [-0.25, -0.2) is 0 Å². The molecule has 0 saturated carbocycles. The molecule has 10 heteroatoms. The second kappa shape index (κ2) is 13.5. The van der Waals surface area contributed by atoms with Crippen LogP contribution in [0.3, 0.4) is 0 Å². The van der Waals surface area contributed by atoms with Crippen LogP contribution in [0.2, 0.25) is 78.6 Å². The van der Waals surface area contributed by atoms with Crippen LogP contribution >= 0.6 is 23.5 Å². The molecule has 0 fully saturated rings. The zero-order valence-corrected chi connectivity index (χ0v) is 28.5. The lowest BCUT2D eigenvalue weighted by Gasteiger charge is -2.44. The van der Waals surface area contributed by atoms with Gasteiger partial charge in [0, 0.05) is 0 Å². The fourth-order valence-corrected chi connectivity index (χ4v) is 9.82. The molecule has 0 unspecified atom stereocenters. The number of hydrogen-bond acceptors (Lipinski definition) is 6. The van der Waals surface area contributed by atoms with E-state index in [1.807, 2.05) is 23.5 Å². The van der Waals surface area contributed by atoms with Crippen molar-refractivity contribution in [3.05, 3.63) is 0 Å². The second-order valence-electron chi connectivity index (χ2n) is 11.9. The Morgan fingerprint density at radius 2 is 0.935 bits per heavy atom. The first-order chi connectivity index (χ1) is 13.8. The molecule has 0 heterocycles. The maximum Gasteiger partial charge on any atom is 0.184 e. The van der Waals surface area contributed by atoms with Gasteiger partial charge >= 0.3 is 0 Å². The molecular weight excluding hydrogens is 493 g/mol. The van der Waals surface area contributed by atoms with Crippen LogP contribution in [0.15, 0.2) is 0 Å². The Kier molecular flexibility index (Phi) is 14.1. The van der Waals surface area contributed by atoms with Crippen molar-refractivity contribution in [3.63, 3.8) is 0 Å². The van der Waals surface area contributed by atoms with E-state index in [0.717, 1.165) is 11.5 Å². The molecule has 0 aromatic rings. The van der Waals surface area contributed by atoms with Crippen LogP contribution in [-0.4, -0.2) is 74.3 Å². The molecule has 31 heavy (non-hydrogen) atoms. The maximum absolute atomic E-state index is 6.93. The third-order valence-electron chi connectivity index (χ3n) is 3.79. The largest absolute Gasteiger partial charge is 0.415 e. The van der Waals surface area contributed by atoms with E-state index in [0.29, 0.717) is 11.2 Å². The molecule has 3 atom stereocenters. The number of hydrogen-bond donors (Lipinski definition) is 0. The van der Waals surface area contributed by atoms with Crippen LogP contribution in [0.1, 0.15) is 13.8 Å². The van der Waals surface area contributed by atoms with Crippen molar-refractivity contribution in [1.29, 1.82) is 0 Å². The van der Waals surface area contributed by atoms with Gasteiger partial charge in [0.2, 0.25) is 0 Å². The average molecular weight is 545 g/mol. The van der Waals surface area contributed by atoms with Gasteiger partial charge in [-0.2, -0.15) is 0 Å². The third-order valence-corrected chi connectivity index (χ3v) is 10.5. The Labute approximate surface area is 207 Å². The Hall–Kier alpha value is 1.41. The summed E-state index contributed by atoms with van der Waals surface area (Å²) < 4.78 is 27.4. The summed E-state index contributed by atoms with van der Waals surface area (Å²) in [5, 5.41) is 0. The zero-order valence-electron chi connectivity index (χ0n) is 22.9. The molecule has 0 aromatic heterocycles. The Morgan fingerprint density at radius 1 is 0.548 bits per heavy atom. The van der Waals surface area contributed by atoms with E-state index in [9.17, 15) is 0 Å². The van der Waals surface area contributed by atoms with Crippen molar-refractivity contribution in [2.24, 2.45) is 0 Å². The molecule has 0 amide bonds. The van der Waals surface area contributed by atoms with Gasteiger partial charge in [-0.3, -0.25) is 0 Å². The number of thioether (sulfide) groups is 2. The Morgan fingerprint density at radius 3 is 1.26 bits per heavy atom.